The Hall–Kier alpha value is -2.00. The van der Waals surface area contributed by atoms with Gasteiger partial charge in [0.2, 0.25) is 0 Å². The molecule has 0 radical (unpaired) electrons. The van der Waals surface area contributed by atoms with Crippen LogP contribution < -0.4 is 0 Å². The number of ether oxygens (including phenoxy) is 1. The summed E-state index contributed by atoms with van der Waals surface area (Å²) in [7, 11) is 0. The van der Waals surface area contributed by atoms with Crippen molar-refractivity contribution < 1.29 is 9.53 Å². The van der Waals surface area contributed by atoms with Crippen LogP contribution in [0.1, 0.15) is 58.8 Å². The van der Waals surface area contributed by atoms with Gasteiger partial charge < -0.3 is 4.74 Å². The van der Waals surface area contributed by atoms with Gasteiger partial charge in [0, 0.05) is 0 Å². The van der Waals surface area contributed by atoms with Gasteiger partial charge in [0.05, 0.1) is 12.5 Å². The van der Waals surface area contributed by atoms with Crippen LogP contribution >= 0.6 is 12.2 Å². The molecule has 1 atom stereocenters. The minimum absolute atomic E-state index is 0.239. The highest BCUT2D eigenvalue weighted by Gasteiger charge is 2.14. The molecule has 28 heavy (non-hydrogen) atoms. The molecule has 3 heteroatoms. The Morgan fingerprint density at radius 1 is 0.714 bits per heavy atom. The van der Waals surface area contributed by atoms with E-state index in [2.05, 4.69) is 73.8 Å². The van der Waals surface area contributed by atoms with Gasteiger partial charge in [-0.3, -0.25) is 4.79 Å². The molecule has 0 aliphatic rings. The van der Waals surface area contributed by atoms with Crippen LogP contribution in [-0.4, -0.2) is 17.9 Å². The molecule has 0 amide bonds. The number of hydrogen-bond donors (Lipinski definition) is 0. The van der Waals surface area contributed by atoms with Crippen molar-refractivity contribution in [3.8, 4) is 0 Å². The van der Waals surface area contributed by atoms with Crippen LogP contribution in [0.3, 0.4) is 0 Å². The maximum absolute atomic E-state index is 11.6. The summed E-state index contributed by atoms with van der Waals surface area (Å²) in [5.41, 5.74) is 0. The fourth-order valence-corrected chi connectivity index (χ4v) is 2.44. The van der Waals surface area contributed by atoms with Crippen molar-refractivity contribution >= 4 is 23.6 Å². The van der Waals surface area contributed by atoms with Crippen molar-refractivity contribution in [3.63, 3.8) is 0 Å². The summed E-state index contributed by atoms with van der Waals surface area (Å²) in [6.45, 7) is 4.34. The highest BCUT2D eigenvalue weighted by atomic mass is 32.1. The second kappa shape index (κ2) is 21.3. The van der Waals surface area contributed by atoms with Gasteiger partial charge in [-0.25, -0.2) is 0 Å². The molecular weight excluding hydrogens is 364 g/mol. The average Bonchev–Trinajstić information content (AvgIpc) is 2.70. The molecule has 0 saturated carbocycles. The smallest absolute Gasteiger partial charge is 0.313 e. The molecule has 2 nitrogen and oxygen atoms in total. The predicted molar refractivity (Wildman–Crippen MR) is 127 cm³/mol. The third-order valence-corrected chi connectivity index (χ3v) is 4.07. The summed E-state index contributed by atoms with van der Waals surface area (Å²) in [6, 6.07) is 0. The first-order chi connectivity index (χ1) is 13.8. The minimum atomic E-state index is -0.320. The molecule has 0 aromatic rings. The van der Waals surface area contributed by atoms with Gasteiger partial charge in [-0.15, -0.1) is 0 Å². The first-order valence-corrected chi connectivity index (χ1v) is 10.7. The van der Waals surface area contributed by atoms with Gasteiger partial charge >= 0.3 is 5.97 Å². The highest BCUT2D eigenvalue weighted by Crippen LogP contribution is 2.05. The zero-order chi connectivity index (χ0) is 20.7. The average molecular weight is 401 g/mol. The van der Waals surface area contributed by atoms with Crippen molar-refractivity contribution in [3.05, 3.63) is 72.9 Å². The first kappa shape index (κ1) is 26.0. The van der Waals surface area contributed by atoms with Crippen LogP contribution in [-0.2, 0) is 9.53 Å². The molecule has 0 aromatic heterocycles. The van der Waals surface area contributed by atoms with Gasteiger partial charge in [0.1, 0.15) is 0 Å². The van der Waals surface area contributed by atoms with E-state index in [1.807, 2.05) is 6.08 Å². The van der Waals surface area contributed by atoms with Crippen LogP contribution in [0.25, 0.3) is 0 Å². The van der Waals surface area contributed by atoms with E-state index in [0.717, 1.165) is 38.5 Å². The number of allylic oxidation sites excluding steroid dienone is 12. The van der Waals surface area contributed by atoms with Crippen LogP contribution in [0, 0.1) is 5.92 Å². The molecule has 0 aliphatic carbocycles. The molecule has 0 N–H and O–H groups in total. The lowest BCUT2D eigenvalue weighted by Gasteiger charge is -2.07. The molecule has 0 saturated heterocycles. The second-order valence-electron chi connectivity index (χ2n) is 6.15. The fraction of sp³-hybridized carbons (Fsp3) is 0.440. The second-order valence-corrected chi connectivity index (χ2v) is 6.42. The number of carbonyl (C=O) groups is 1. The summed E-state index contributed by atoms with van der Waals surface area (Å²) in [5.74, 6) is -0.559. The standard InChI is InChI=1S/C25H36O2S/c1-3-5-6-7-8-9-10-11-12-13-14-15-16-17-18-19-20-21-22-24(23-28)25(26)27-4-2/h5-6,8-9,11-12,14-15,17-18,20-21,23-24H,3-4,7,10,13,16,19,22H2,1-2H3. The zero-order valence-electron chi connectivity index (χ0n) is 17.5. The molecule has 0 heterocycles. The third kappa shape index (κ3) is 17.4. The Labute approximate surface area is 177 Å². The van der Waals surface area contributed by atoms with Crippen molar-refractivity contribution in [2.24, 2.45) is 5.92 Å². The SMILES string of the molecule is CCC=CCC=CCC=CCC=CCC=CCC=CCC(C=S)C(=O)OCC. The molecule has 0 rings (SSSR count). The summed E-state index contributed by atoms with van der Waals surface area (Å²) in [6.07, 6.45) is 32.4. The fourth-order valence-electron chi connectivity index (χ4n) is 2.22. The third-order valence-electron chi connectivity index (χ3n) is 3.74. The predicted octanol–water partition coefficient (Wildman–Crippen LogP) is 7.25. The van der Waals surface area contributed by atoms with Crippen molar-refractivity contribution in [1.82, 2.24) is 0 Å². The Bertz CT molecular complexity index is 565. The van der Waals surface area contributed by atoms with Crippen LogP contribution in [0.2, 0.25) is 0 Å². The number of esters is 1. The Kier molecular flexibility index (Phi) is 19.8. The molecule has 0 aromatic carbocycles. The zero-order valence-corrected chi connectivity index (χ0v) is 18.3. The van der Waals surface area contributed by atoms with Crippen LogP contribution in [0.15, 0.2) is 72.9 Å². The van der Waals surface area contributed by atoms with Crippen LogP contribution in [0.5, 0.6) is 0 Å². The van der Waals surface area contributed by atoms with Gasteiger partial charge in [0.25, 0.3) is 0 Å². The van der Waals surface area contributed by atoms with Crippen molar-refractivity contribution in [2.75, 3.05) is 6.61 Å². The van der Waals surface area contributed by atoms with E-state index in [0.29, 0.717) is 13.0 Å². The lowest BCUT2D eigenvalue weighted by Crippen LogP contribution is -2.17. The molecule has 0 bridgehead atoms. The number of carbonyl (C=O) groups excluding carboxylic acids is 1. The summed E-state index contributed by atoms with van der Waals surface area (Å²) in [5, 5.41) is 1.48. The normalized spacial score (nSPS) is 13.8. The van der Waals surface area contributed by atoms with Crippen molar-refractivity contribution in [1.29, 1.82) is 0 Å². The van der Waals surface area contributed by atoms with E-state index in [-0.39, 0.29) is 11.9 Å². The van der Waals surface area contributed by atoms with Gasteiger partial charge in [-0.2, -0.15) is 0 Å². The first-order valence-electron chi connectivity index (χ1n) is 10.3. The van der Waals surface area contributed by atoms with E-state index in [1.165, 1.54) is 5.37 Å². The van der Waals surface area contributed by atoms with E-state index < -0.39 is 0 Å². The van der Waals surface area contributed by atoms with Crippen LogP contribution in [0.4, 0.5) is 0 Å². The largest absolute Gasteiger partial charge is 0.466 e. The number of hydrogen-bond acceptors (Lipinski definition) is 3. The van der Waals surface area contributed by atoms with E-state index >= 15 is 0 Å². The molecule has 0 fully saturated rings. The molecular formula is C25H36O2S. The number of thiocarbonyl (C=S) groups is 1. The molecule has 154 valence electrons. The summed E-state index contributed by atoms with van der Waals surface area (Å²) < 4.78 is 4.98. The highest BCUT2D eigenvalue weighted by molar-refractivity contribution is 7.79. The quantitative estimate of drug-likeness (QED) is 0.155. The lowest BCUT2D eigenvalue weighted by atomic mass is 10.1. The van der Waals surface area contributed by atoms with Gasteiger partial charge in [-0.1, -0.05) is 92.1 Å². The Balaban J connectivity index is 3.75. The maximum atomic E-state index is 11.6. The minimum Gasteiger partial charge on any atom is -0.466 e. The van der Waals surface area contributed by atoms with Gasteiger partial charge in [0.15, 0.2) is 0 Å². The van der Waals surface area contributed by atoms with E-state index in [1.54, 1.807) is 6.92 Å². The maximum Gasteiger partial charge on any atom is 0.313 e. The monoisotopic (exact) mass is 400 g/mol. The van der Waals surface area contributed by atoms with Crippen molar-refractivity contribution in [2.45, 2.75) is 58.8 Å². The van der Waals surface area contributed by atoms with E-state index in [9.17, 15) is 4.79 Å². The Morgan fingerprint density at radius 3 is 1.46 bits per heavy atom. The molecule has 1 unspecified atom stereocenters. The summed E-state index contributed by atoms with van der Waals surface area (Å²) in [4.78, 5) is 11.6. The molecule has 0 spiro atoms. The lowest BCUT2D eigenvalue weighted by molar-refractivity contribution is -0.145. The van der Waals surface area contributed by atoms with E-state index in [4.69, 9.17) is 17.0 Å². The summed E-state index contributed by atoms with van der Waals surface area (Å²) >= 11 is 4.89. The molecule has 0 aliphatic heterocycles. The topological polar surface area (TPSA) is 26.3 Å². The number of rotatable bonds is 16. The van der Waals surface area contributed by atoms with Gasteiger partial charge in [-0.05, 0) is 57.2 Å². The Morgan fingerprint density at radius 2 is 1.11 bits per heavy atom.